The lowest BCUT2D eigenvalue weighted by atomic mass is 10.9. The molecule has 0 spiro atoms. The Morgan fingerprint density at radius 2 is 2.38 bits per heavy atom. The molecule has 46 valence electrons. The molecular formula is C5H9NO2. The molecule has 8 heavy (non-hydrogen) atoms. The quantitative estimate of drug-likeness (QED) is 0.387. The third kappa shape index (κ3) is 1.50. The van der Waals surface area contributed by atoms with Crippen molar-refractivity contribution in [1.82, 2.24) is 5.06 Å². The highest BCUT2D eigenvalue weighted by Gasteiger charge is 2.24. The van der Waals surface area contributed by atoms with Gasteiger partial charge in [-0.3, -0.25) is 9.63 Å². The van der Waals surface area contributed by atoms with Gasteiger partial charge in [0.2, 0.25) is 6.41 Å². The van der Waals surface area contributed by atoms with Crippen molar-refractivity contribution in [3.05, 3.63) is 0 Å². The summed E-state index contributed by atoms with van der Waals surface area (Å²) in [6.45, 7) is 0. The van der Waals surface area contributed by atoms with Crippen LogP contribution in [0.5, 0.6) is 0 Å². The average molecular weight is 115 g/mol. The fraction of sp³-hybridized carbons (Fsp3) is 0.800. The highest BCUT2D eigenvalue weighted by Crippen LogP contribution is 2.23. The molecule has 0 bridgehead atoms. The fourth-order valence-electron chi connectivity index (χ4n) is 0.433. The molecule has 3 heteroatoms. The Hall–Kier alpha value is -0.570. The smallest absolute Gasteiger partial charge is 0.233 e. The molecule has 0 aromatic rings. The van der Waals surface area contributed by atoms with Crippen LogP contribution in [0.15, 0.2) is 0 Å². The summed E-state index contributed by atoms with van der Waals surface area (Å²) < 4.78 is 0. The average Bonchev–Trinajstić information content (AvgIpc) is 2.50. The number of hydrogen-bond donors (Lipinski definition) is 0. The van der Waals surface area contributed by atoms with Gasteiger partial charge < -0.3 is 0 Å². The van der Waals surface area contributed by atoms with E-state index in [0.717, 1.165) is 12.8 Å². The predicted octanol–water partition coefficient (Wildman–Crippen LogP) is 0.169. The molecule has 0 aromatic carbocycles. The Labute approximate surface area is 48.2 Å². The molecule has 1 fully saturated rings. The lowest BCUT2D eigenvalue weighted by Crippen LogP contribution is -2.17. The Morgan fingerprint density at radius 3 is 2.75 bits per heavy atom. The van der Waals surface area contributed by atoms with Gasteiger partial charge in [-0.25, -0.2) is 5.06 Å². The molecule has 1 saturated carbocycles. The Balaban J connectivity index is 2.06. The molecule has 0 aliphatic heterocycles. The lowest BCUT2D eigenvalue weighted by molar-refractivity contribution is -0.167. The summed E-state index contributed by atoms with van der Waals surface area (Å²) in [4.78, 5) is 14.8. The molecule has 0 atom stereocenters. The molecule has 1 amide bonds. The highest BCUT2D eigenvalue weighted by molar-refractivity contribution is 5.44. The minimum Gasteiger partial charge on any atom is -0.276 e. The summed E-state index contributed by atoms with van der Waals surface area (Å²) >= 11 is 0. The molecule has 3 nitrogen and oxygen atoms in total. The molecular weight excluding hydrogens is 106 g/mol. The first kappa shape index (κ1) is 5.56. The zero-order valence-electron chi connectivity index (χ0n) is 4.83. The van der Waals surface area contributed by atoms with E-state index in [1.165, 1.54) is 5.06 Å². The zero-order chi connectivity index (χ0) is 5.98. The lowest BCUT2D eigenvalue weighted by Gasteiger charge is -2.07. The van der Waals surface area contributed by atoms with E-state index < -0.39 is 0 Å². The number of carbonyl (C=O) groups is 1. The molecule has 1 aliphatic rings. The number of hydroxylamine groups is 2. The van der Waals surface area contributed by atoms with Crippen molar-refractivity contribution in [1.29, 1.82) is 0 Å². The van der Waals surface area contributed by atoms with Gasteiger partial charge in [0.05, 0.1) is 6.10 Å². The molecule has 0 saturated heterocycles. The molecule has 1 rings (SSSR count). The number of rotatable bonds is 3. The highest BCUT2D eigenvalue weighted by atomic mass is 16.7. The normalized spacial score (nSPS) is 18.1. The van der Waals surface area contributed by atoms with Crippen molar-refractivity contribution in [3.63, 3.8) is 0 Å². The topological polar surface area (TPSA) is 29.5 Å². The van der Waals surface area contributed by atoms with Gasteiger partial charge in [0.1, 0.15) is 0 Å². The predicted molar refractivity (Wildman–Crippen MR) is 27.9 cm³/mol. The standard InChI is InChI=1S/C5H9NO2/c1-6(4-7)8-5-2-3-5/h4-5H,2-3H2,1H3. The maximum absolute atomic E-state index is 9.87. The van der Waals surface area contributed by atoms with Crippen molar-refractivity contribution in [2.75, 3.05) is 7.05 Å². The van der Waals surface area contributed by atoms with Gasteiger partial charge in [0, 0.05) is 7.05 Å². The van der Waals surface area contributed by atoms with Crippen LogP contribution in [0, 0.1) is 0 Å². The van der Waals surface area contributed by atoms with Gasteiger partial charge in [0.15, 0.2) is 0 Å². The molecule has 1 aliphatic carbocycles. The van der Waals surface area contributed by atoms with E-state index in [2.05, 4.69) is 0 Å². The summed E-state index contributed by atoms with van der Waals surface area (Å²) in [5, 5.41) is 1.21. The monoisotopic (exact) mass is 115 g/mol. The maximum Gasteiger partial charge on any atom is 0.233 e. The molecule has 0 radical (unpaired) electrons. The van der Waals surface area contributed by atoms with Crippen LogP contribution in [-0.4, -0.2) is 24.6 Å². The number of nitrogens with zero attached hydrogens (tertiary/aromatic N) is 1. The first-order chi connectivity index (χ1) is 3.83. The molecule has 0 heterocycles. The molecule has 0 unspecified atom stereocenters. The van der Waals surface area contributed by atoms with E-state index in [1.807, 2.05) is 0 Å². The van der Waals surface area contributed by atoms with E-state index >= 15 is 0 Å². The van der Waals surface area contributed by atoms with Crippen LogP contribution in [-0.2, 0) is 9.63 Å². The Bertz CT molecular complexity index is 90.4. The van der Waals surface area contributed by atoms with Crippen LogP contribution in [0.1, 0.15) is 12.8 Å². The van der Waals surface area contributed by atoms with E-state index in [1.54, 1.807) is 7.05 Å². The largest absolute Gasteiger partial charge is 0.276 e. The SMILES string of the molecule is CN(C=O)OC1CC1. The molecule has 0 N–H and O–H groups in total. The second kappa shape index (κ2) is 2.13. The van der Waals surface area contributed by atoms with E-state index in [-0.39, 0.29) is 0 Å². The summed E-state index contributed by atoms with van der Waals surface area (Å²) in [5.41, 5.74) is 0. The minimum absolute atomic E-state index is 0.324. The van der Waals surface area contributed by atoms with Crippen LogP contribution in [0.2, 0.25) is 0 Å². The number of carbonyl (C=O) groups excluding carboxylic acids is 1. The number of hydrogen-bond acceptors (Lipinski definition) is 2. The first-order valence-corrected chi connectivity index (χ1v) is 2.68. The molecule has 0 aromatic heterocycles. The van der Waals surface area contributed by atoms with Gasteiger partial charge in [-0.2, -0.15) is 0 Å². The van der Waals surface area contributed by atoms with E-state index in [0.29, 0.717) is 12.5 Å². The number of amides is 1. The van der Waals surface area contributed by atoms with Gasteiger partial charge in [-0.05, 0) is 12.8 Å². The van der Waals surface area contributed by atoms with Crippen molar-refractivity contribution < 1.29 is 9.63 Å². The van der Waals surface area contributed by atoms with Crippen LogP contribution < -0.4 is 0 Å². The van der Waals surface area contributed by atoms with Gasteiger partial charge in [0.25, 0.3) is 0 Å². The summed E-state index contributed by atoms with van der Waals surface area (Å²) in [6.07, 6.45) is 3.18. The second-order valence-corrected chi connectivity index (χ2v) is 1.96. The van der Waals surface area contributed by atoms with Crippen LogP contribution in [0.25, 0.3) is 0 Å². The second-order valence-electron chi connectivity index (χ2n) is 1.96. The van der Waals surface area contributed by atoms with Crippen molar-refractivity contribution in [3.8, 4) is 0 Å². The van der Waals surface area contributed by atoms with Crippen molar-refractivity contribution in [2.24, 2.45) is 0 Å². The third-order valence-electron chi connectivity index (χ3n) is 0.988. The van der Waals surface area contributed by atoms with Gasteiger partial charge >= 0.3 is 0 Å². The fourth-order valence-corrected chi connectivity index (χ4v) is 0.433. The Morgan fingerprint density at radius 1 is 1.75 bits per heavy atom. The zero-order valence-corrected chi connectivity index (χ0v) is 4.83. The van der Waals surface area contributed by atoms with E-state index in [9.17, 15) is 4.79 Å². The van der Waals surface area contributed by atoms with Crippen LogP contribution in [0.3, 0.4) is 0 Å². The van der Waals surface area contributed by atoms with Crippen molar-refractivity contribution in [2.45, 2.75) is 18.9 Å². The Kier molecular flexibility index (Phi) is 1.48. The maximum atomic E-state index is 9.87. The van der Waals surface area contributed by atoms with E-state index in [4.69, 9.17) is 4.84 Å². The van der Waals surface area contributed by atoms with Gasteiger partial charge in [-0.1, -0.05) is 0 Å². The third-order valence-corrected chi connectivity index (χ3v) is 0.988. The summed E-state index contributed by atoms with van der Waals surface area (Å²) in [7, 11) is 1.60. The van der Waals surface area contributed by atoms with Gasteiger partial charge in [-0.15, -0.1) is 0 Å². The van der Waals surface area contributed by atoms with Crippen molar-refractivity contribution >= 4 is 6.41 Å². The summed E-state index contributed by atoms with van der Waals surface area (Å²) in [6, 6.07) is 0. The van der Waals surface area contributed by atoms with Crippen LogP contribution >= 0.6 is 0 Å². The van der Waals surface area contributed by atoms with Crippen LogP contribution in [0.4, 0.5) is 0 Å². The first-order valence-electron chi connectivity index (χ1n) is 2.68. The minimum atomic E-state index is 0.324. The summed E-state index contributed by atoms with van der Waals surface area (Å²) in [5.74, 6) is 0.